The summed E-state index contributed by atoms with van der Waals surface area (Å²) in [4.78, 5) is 10.8. The van der Waals surface area contributed by atoms with E-state index in [4.69, 9.17) is 14.9 Å². The van der Waals surface area contributed by atoms with Gasteiger partial charge in [0.2, 0.25) is 5.60 Å². The molecule has 4 nitrogen and oxygen atoms in total. The van der Waals surface area contributed by atoms with E-state index in [1.165, 1.54) is 6.08 Å². The molecular formula is C9H10O4. The van der Waals surface area contributed by atoms with Crippen molar-refractivity contribution in [2.75, 3.05) is 6.61 Å². The lowest BCUT2D eigenvalue weighted by atomic mass is 9.91. The lowest BCUT2D eigenvalue weighted by Crippen LogP contribution is -2.27. The molecule has 4 heteroatoms. The van der Waals surface area contributed by atoms with Gasteiger partial charge < -0.3 is 14.9 Å². The number of carboxylic acid groups (broad SMARTS) is 1. The molecule has 0 aromatic carbocycles. The second-order valence-electron chi connectivity index (χ2n) is 3.36. The third-order valence-electron chi connectivity index (χ3n) is 2.39. The number of fused-ring (bicyclic) bond motifs is 1. The largest absolute Gasteiger partial charge is 0.479 e. The molecule has 0 amide bonds. The van der Waals surface area contributed by atoms with Crippen LogP contribution in [0.2, 0.25) is 0 Å². The molecule has 0 saturated carbocycles. The highest BCUT2D eigenvalue weighted by atomic mass is 16.6. The van der Waals surface area contributed by atoms with E-state index < -0.39 is 11.6 Å². The van der Waals surface area contributed by atoms with E-state index in [9.17, 15) is 4.79 Å². The van der Waals surface area contributed by atoms with Crippen LogP contribution in [0, 0.1) is 0 Å². The summed E-state index contributed by atoms with van der Waals surface area (Å²) >= 11 is 0. The zero-order valence-corrected chi connectivity index (χ0v) is 7.15. The van der Waals surface area contributed by atoms with Gasteiger partial charge in [-0.25, -0.2) is 4.79 Å². The van der Waals surface area contributed by atoms with Crippen molar-refractivity contribution in [3.8, 4) is 0 Å². The Hall–Kier alpha value is -1.13. The van der Waals surface area contributed by atoms with Gasteiger partial charge in [-0.3, -0.25) is 0 Å². The Morgan fingerprint density at radius 1 is 1.77 bits per heavy atom. The van der Waals surface area contributed by atoms with Crippen molar-refractivity contribution in [3.63, 3.8) is 0 Å². The molecule has 1 saturated heterocycles. The first kappa shape index (κ1) is 8.47. The summed E-state index contributed by atoms with van der Waals surface area (Å²) in [6, 6.07) is 0. The number of epoxide rings is 1. The molecule has 0 radical (unpaired) electrons. The zero-order chi connectivity index (χ0) is 9.64. The summed E-state index contributed by atoms with van der Waals surface area (Å²) in [5, 5.41) is 17.8. The van der Waals surface area contributed by atoms with Crippen LogP contribution in [0.25, 0.3) is 0 Å². The highest BCUT2D eigenvalue weighted by Crippen LogP contribution is 2.46. The second kappa shape index (κ2) is 2.43. The van der Waals surface area contributed by atoms with Gasteiger partial charge in [-0.15, -0.1) is 0 Å². The minimum absolute atomic E-state index is 0.150. The first-order valence-electron chi connectivity index (χ1n) is 4.02. The fourth-order valence-corrected chi connectivity index (χ4v) is 1.70. The number of hydrogen-bond acceptors (Lipinski definition) is 3. The molecule has 2 N–H and O–H groups in total. The van der Waals surface area contributed by atoms with Crippen molar-refractivity contribution < 1.29 is 19.7 Å². The van der Waals surface area contributed by atoms with E-state index in [0.717, 1.165) is 5.57 Å². The zero-order valence-electron chi connectivity index (χ0n) is 7.15. The van der Waals surface area contributed by atoms with Gasteiger partial charge in [0.1, 0.15) is 6.10 Å². The molecule has 1 aliphatic carbocycles. The first-order valence-corrected chi connectivity index (χ1v) is 4.02. The second-order valence-corrected chi connectivity index (χ2v) is 3.36. The maximum Gasteiger partial charge on any atom is 0.343 e. The van der Waals surface area contributed by atoms with Crippen LogP contribution < -0.4 is 0 Å². The number of aliphatic carboxylic acids is 1. The molecule has 0 spiro atoms. The Labute approximate surface area is 75.1 Å². The van der Waals surface area contributed by atoms with Crippen LogP contribution in [-0.2, 0) is 9.53 Å². The van der Waals surface area contributed by atoms with Crippen molar-refractivity contribution in [2.24, 2.45) is 0 Å². The van der Waals surface area contributed by atoms with Crippen LogP contribution in [0.5, 0.6) is 0 Å². The number of carboxylic acids is 1. The highest BCUT2D eigenvalue weighted by Gasteiger charge is 2.63. The van der Waals surface area contributed by atoms with E-state index in [1.54, 1.807) is 13.0 Å². The Kier molecular flexibility index (Phi) is 1.58. The highest BCUT2D eigenvalue weighted by molar-refractivity contribution is 5.86. The van der Waals surface area contributed by atoms with Crippen molar-refractivity contribution in [2.45, 2.75) is 18.6 Å². The summed E-state index contributed by atoms with van der Waals surface area (Å²) < 4.78 is 5.12. The standard InChI is InChI=1S/C9H10O4/c1-5-2-6(4-10)3-9(8(11)12)7(5)13-9/h2-3,7,10H,4H2,1H3,(H,11,12). The molecule has 2 atom stereocenters. The number of hydrogen-bond donors (Lipinski definition) is 2. The van der Waals surface area contributed by atoms with Gasteiger partial charge in [0.15, 0.2) is 0 Å². The Balaban J connectivity index is 2.36. The van der Waals surface area contributed by atoms with Crippen LogP contribution >= 0.6 is 0 Å². The van der Waals surface area contributed by atoms with Crippen LogP contribution in [0.4, 0.5) is 0 Å². The van der Waals surface area contributed by atoms with Crippen molar-refractivity contribution in [3.05, 3.63) is 23.3 Å². The third-order valence-corrected chi connectivity index (χ3v) is 2.39. The summed E-state index contributed by atoms with van der Waals surface area (Å²) in [6.45, 7) is 1.65. The van der Waals surface area contributed by atoms with E-state index in [1.807, 2.05) is 0 Å². The third kappa shape index (κ3) is 1.03. The molecule has 1 aliphatic heterocycles. The minimum Gasteiger partial charge on any atom is -0.479 e. The van der Waals surface area contributed by atoms with Gasteiger partial charge in [-0.1, -0.05) is 6.08 Å². The summed E-state index contributed by atoms with van der Waals surface area (Å²) in [5.41, 5.74) is 0.277. The van der Waals surface area contributed by atoms with E-state index in [-0.39, 0.29) is 12.7 Å². The van der Waals surface area contributed by atoms with Crippen molar-refractivity contribution in [1.82, 2.24) is 0 Å². The molecule has 1 fully saturated rings. The first-order chi connectivity index (χ1) is 6.10. The van der Waals surface area contributed by atoms with Crippen LogP contribution in [0.15, 0.2) is 23.3 Å². The topological polar surface area (TPSA) is 70.1 Å². The van der Waals surface area contributed by atoms with Gasteiger partial charge in [-0.05, 0) is 24.1 Å². The average molecular weight is 182 g/mol. The number of rotatable bonds is 2. The number of aliphatic hydroxyl groups is 1. The normalized spacial score (nSPS) is 36.0. The molecule has 2 rings (SSSR count). The van der Waals surface area contributed by atoms with Gasteiger partial charge in [0.05, 0.1) is 6.61 Å². The van der Waals surface area contributed by atoms with E-state index >= 15 is 0 Å². The maximum atomic E-state index is 10.8. The molecule has 0 bridgehead atoms. The lowest BCUT2D eigenvalue weighted by molar-refractivity contribution is -0.141. The molecule has 0 aromatic rings. The molecule has 13 heavy (non-hydrogen) atoms. The summed E-state index contributed by atoms with van der Waals surface area (Å²) in [7, 11) is 0. The number of aliphatic hydroxyl groups excluding tert-OH is 1. The number of ether oxygens (including phenoxy) is 1. The SMILES string of the molecule is CC1=CC(CO)=CC2(C(=O)O)OC12. The van der Waals surface area contributed by atoms with Crippen LogP contribution in [0.3, 0.4) is 0 Å². The smallest absolute Gasteiger partial charge is 0.343 e. The van der Waals surface area contributed by atoms with E-state index in [0.29, 0.717) is 5.57 Å². The van der Waals surface area contributed by atoms with Gasteiger partial charge in [0.25, 0.3) is 0 Å². The van der Waals surface area contributed by atoms with Crippen molar-refractivity contribution in [1.29, 1.82) is 0 Å². The molecule has 70 valence electrons. The van der Waals surface area contributed by atoms with Crippen LogP contribution in [-0.4, -0.2) is 34.5 Å². The lowest BCUT2D eigenvalue weighted by Gasteiger charge is -2.10. The van der Waals surface area contributed by atoms with Gasteiger partial charge in [0, 0.05) is 0 Å². The monoisotopic (exact) mass is 182 g/mol. The quantitative estimate of drug-likeness (QED) is 0.593. The Bertz CT molecular complexity index is 329. The Morgan fingerprint density at radius 2 is 2.46 bits per heavy atom. The van der Waals surface area contributed by atoms with Crippen LogP contribution in [0.1, 0.15) is 6.92 Å². The van der Waals surface area contributed by atoms with Gasteiger partial charge >= 0.3 is 5.97 Å². The fraction of sp³-hybridized carbons (Fsp3) is 0.444. The molecular weight excluding hydrogens is 172 g/mol. The average Bonchev–Trinajstić information content (AvgIpc) is 2.80. The molecule has 2 aliphatic rings. The number of carbonyl (C=O) groups is 1. The molecule has 2 unspecified atom stereocenters. The Morgan fingerprint density at radius 3 is 3.00 bits per heavy atom. The predicted molar refractivity (Wildman–Crippen MR) is 44.2 cm³/mol. The van der Waals surface area contributed by atoms with Gasteiger partial charge in [-0.2, -0.15) is 0 Å². The maximum absolute atomic E-state index is 10.8. The van der Waals surface area contributed by atoms with E-state index in [2.05, 4.69) is 0 Å². The fourth-order valence-electron chi connectivity index (χ4n) is 1.70. The van der Waals surface area contributed by atoms with Crippen molar-refractivity contribution >= 4 is 5.97 Å². The molecule has 1 heterocycles. The molecule has 0 aromatic heterocycles. The summed E-state index contributed by atoms with van der Waals surface area (Å²) in [6.07, 6.45) is 2.91. The summed E-state index contributed by atoms with van der Waals surface area (Å²) in [5.74, 6) is -0.990. The minimum atomic E-state index is -1.18. The predicted octanol–water partition coefficient (Wildman–Crippen LogP) is 0.0872.